The first-order valence-electron chi connectivity index (χ1n) is 8.59. The monoisotopic (exact) mass is 404 g/mol. The lowest BCUT2D eigenvalue weighted by molar-refractivity contribution is -0.385. The highest BCUT2D eigenvalue weighted by atomic mass is 19.1. The van der Waals surface area contributed by atoms with E-state index in [-0.39, 0.29) is 36.8 Å². The molecule has 10 heteroatoms. The van der Waals surface area contributed by atoms with Gasteiger partial charge in [-0.05, 0) is 6.07 Å². The summed E-state index contributed by atoms with van der Waals surface area (Å²) in [7, 11) is 1.43. The fourth-order valence-electron chi connectivity index (χ4n) is 2.68. The standard InChI is InChI=1S/C19H17FN2O7/c1-21(10-12-4-2-3-5-14(12)20)18(23)11-29-19(24)13-8-16-17(28-7-6-27-16)9-15(13)22(25)26/h2-5,8-9H,6-7,10-11H2,1H3. The lowest BCUT2D eigenvalue weighted by Crippen LogP contribution is -2.31. The van der Waals surface area contributed by atoms with Gasteiger partial charge in [0.1, 0.15) is 24.6 Å². The maximum absolute atomic E-state index is 13.7. The molecule has 0 saturated carbocycles. The summed E-state index contributed by atoms with van der Waals surface area (Å²) in [5.41, 5.74) is -0.577. The van der Waals surface area contributed by atoms with Crippen LogP contribution in [0.25, 0.3) is 0 Å². The van der Waals surface area contributed by atoms with Crippen molar-refractivity contribution < 1.29 is 33.1 Å². The second-order valence-electron chi connectivity index (χ2n) is 6.19. The predicted molar refractivity (Wildman–Crippen MR) is 97.2 cm³/mol. The zero-order valence-electron chi connectivity index (χ0n) is 15.4. The summed E-state index contributed by atoms with van der Waals surface area (Å²) in [6.45, 7) is -0.210. The largest absolute Gasteiger partial charge is 0.486 e. The number of carbonyl (C=O) groups excluding carboxylic acids is 2. The lowest BCUT2D eigenvalue weighted by atomic mass is 10.1. The second-order valence-corrected chi connectivity index (χ2v) is 6.19. The molecule has 1 aliphatic rings. The number of fused-ring (bicyclic) bond motifs is 1. The van der Waals surface area contributed by atoms with Crippen molar-refractivity contribution in [3.8, 4) is 11.5 Å². The highest BCUT2D eigenvalue weighted by Crippen LogP contribution is 2.36. The maximum atomic E-state index is 13.7. The molecule has 0 aliphatic carbocycles. The van der Waals surface area contributed by atoms with Crippen LogP contribution in [-0.4, -0.2) is 48.6 Å². The van der Waals surface area contributed by atoms with E-state index in [2.05, 4.69) is 0 Å². The van der Waals surface area contributed by atoms with E-state index in [4.69, 9.17) is 14.2 Å². The van der Waals surface area contributed by atoms with Crippen LogP contribution in [0.15, 0.2) is 36.4 Å². The fraction of sp³-hybridized carbons (Fsp3) is 0.263. The van der Waals surface area contributed by atoms with Crippen LogP contribution in [0.5, 0.6) is 11.5 Å². The Hall–Kier alpha value is -3.69. The number of rotatable bonds is 6. The van der Waals surface area contributed by atoms with Crippen molar-refractivity contribution in [3.63, 3.8) is 0 Å². The third kappa shape index (κ3) is 4.60. The molecule has 9 nitrogen and oxygen atoms in total. The molecular weight excluding hydrogens is 387 g/mol. The number of nitro benzene ring substituents is 1. The number of ether oxygens (including phenoxy) is 3. The molecule has 0 spiro atoms. The Morgan fingerprint density at radius 2 is 1.86 bits per heavy atom. The first kappa shape index (κ1) is 20.1. The summed E-state index contributed by atoms with van der Waals surface area (Å²) in [6.07, 6.45) is 0. The Morgan fingerprint density at radius 3 is 2.52 bits per heavy atom. The summed E-state index contributed by atoms with van der Waals surface area (Å²) < 4.78 is 29.2. The fourth-order valence-corrected chi connectivity index (χ4v) is 2.68. The first-order chi connectivity index (χ1) is 13.9. The normalized spacial score (nSPS) is 12.2. The second kappa shape index (κ2) is 8.55. The molecule has 3 rings (SSSR count). The van der Waals surface area contributed by atoms with Crippen molar-refractivity contribution in [3.05, 3.63) is 63.5 Å². The van der Waals surface area contributed by atoms with Crippen molar-refractivity contribution in [1.82, 2.24) is 4.90 Å². The lowest BCUT2D eigenvalue weighted by Gasteiger charge is -2.19. The zero-order valence-corrected chi connectivity index (χ0v) is 15.4. The van der Waals surface area contributed by atoms with E-state index in [1.807, 2.05) is 0 Å². The Labute approximate surface area is 164 Å². The molecular formula is C19H17FN2O7. The number of hydrogen-bond acceptors (Lipinski definition) is 7. The Bertz CT molecular complexity index is 964. The number of likely N-dealkylation sites (N-methyl/N-ethyl adjacent to an activating group) is 1. The summed E-state index contributed by atoms with van der Waals surface area (Å²) in [6, 6.07) is 8.21. The van der Waals surface area contributed by atoms with E-state index < -0.39 is 34.9 Å². The van der Waals surface area contributed by atoms with Crippen LogP contribution in [0.3, 0.4) is 0 Å². The third-order valence-corrected chi connectivity index (χ3v) is 4.19. The van der Waals surface area contributed by atoms with Gasteiger partial charge >= 0.3 is 5.97 Å². The molecule has 29 heavy (non-hydrogen) atoms. The molecule has 152 valence electrons. The number of esters is 1. The van der Waals surface area contributed by atoms with Gasteiger partial charge in [0.2, 0.25) is 0 Å². The van der Waals surface area contributed by atoms with E-state index in [9.17, 15) is 24.1 Å². The van der Waals surface area contributed by atoms with Crippen molar-refractivity contribution in [1.29, 1.82) is 0 Å². The molecule has 0 aromatic heterocycles. The third-order valence-electron chi connectivity index (χ3n) is 4.19. The van der Waals surface area contributed by atoms with E-state index >= 15 is 0 Å². The average Bonchev–Trinajstić information content (AvgIpc) is 2.72. The summed E-state index contributed by atoms with van der Waals surface area (Å²) in [4.78, 5) is 36.3. The molecule has 2 aromatic carbocycles. The van der Waals surface area contributed by atoms with Gasteiger partial charge in [-0.2, -0.15) is 0 Å². The van der Waals surface area contributed by atoms with Gasteiger partial charge in [0.15, 0.2) is 18.1 Å². The number of halogens is 1. The first-order valence-corrected chi connectivity index (χ1v) is 8.59. The van der Waals surface area contributed by atoms with Crippen LogP contribution >= 0.6 is 0 Å². The Balaban J connectivity index is 1.68. The van der Waals surface area contributed by atoms with Gasteiger partial charge in [-0.3, -0.25) is 14.9 Å². The summed E-state index contributed by atoms with van der Waals surface area (Å²) in [5, 5.41) is 11.3. The molecule has 0 N–H and O–H groups in total. The topological polar surface area (TPSA) is 108 Å². The molecule has 0 fully saturated rings. The van der Waals surface area contributed by atoms with Gasteiger partial charge in [0.05, 0.1) is 11.0 Å². The number of hydrogen-bond donors (Lipinski definition) is 0. The number of carbonyl (C=O) groups is 2. The predicted octanol–water partition coefficient (Wildman–Crippen LogP) is 2.32. The molecule has 0 saturated heterocycles. The van der Waals surface area contributed by atoms with E-state index in [1.54, 1.807) is 6.07 Å². The number of nitro groups is 1. The van der Waals surface area contributed by atoms with Gasteiger partial charge in [-0.15, -0.1) is 0 Å². The van der Waals surface area contributed by atoms with Crippen LogP contribution < -0.4 is 9.47 Å². The molecule has 2 aromatic rings. The van der Waals surface area contributed by atoms with Gasteiger partial charge in [0.25, 0.3) is 11.6 Å². The average molecular weight is 404 g/mol. The number of benzene rings is 2. The molecule has 1 heterocycles. The minimum absolute atomic E-state index is 0.0206. The van der Waals surface area contributed by atoms with Gasteiger partial charge in [-0.1, -0.05) is 18.2 Å². The van der Waals surface area contributed by atoms with Crippen LogP contribution in [0, 0.1) is 15.9 Å². The van der Waals surface area contributed by atoms with E-state index in [0.29, 0.717) is 5.56 Å². The highest BCUT2D eigenvalue weighted by molar-refractivity contribution is 5.96. The maximum Gasteiger partial charge on any atom is 0.345 e. The van der Waals surface area contributed by atoms with Crippen molar-refractivity contribution >= 4 is 17.6 Å². The van der Waals surface area contributed by atoms with E-state index in [1.165, 1.54) is 30.1 Å². The van der Waals surface area contributed by atoms with Crippen molar-refractivity contribution in [2.24, 2.45) is 0 Å². The zero-order chi connectivity index (χ0) is 21.0. The minimum atomic E-state index is -1.05. The van der Waals surface area contributed by atoms with Gasteiger partial charge in [-0.25, -0.2) is 9.18 Å². The van der Waals surface area contributed by atoms with Crippen LogP contribution in [0.1, 0.15) is 15.9 Å². The number of nitrogens with zero attached hydrogens (tertiary/aromatic N) is 2. The quantitative estimate of drug-likeness (QED) is 0.413. The van der Waals surface area contributed by atoms with Crippen LogP contribution in [0.2, 0.25) is 0 Å². The molecule has 1 amide bonds. The summed E-state index contributed by atoms with van der Waals surface area (Å²) >= 11 is 0. The number of amides is 1. The molecule has 0 radical (unpaired) electrons. The minimum Gasteiger partial charge on any atom is -0.486 e. The Kier molecular flexibility index (Phi) is 5.91. The smallest absolute Gasteiger partial charge is 0.345 e. The molecule has 0 bridgehead atoms. The SMILES string of the molecule is CN(Cc1ccccc1F)C(=O)COC(=O)c1cc2c(cc1[N+](=O)[O-])OCCO2. The van der Waals surface area contributed by atoms with Crippen molar-refractivity contribution in [2.75, 3.05) is 26.9 Å². The molecule has 0 unspecified atom stereocenters. The molecule has 1 aliphatic heterocycles. The van der Waals surface area contributed by atoms with Crippen LogP contribution in [-0.2, 0) is 16.1 Å². The van der Waals surface area contributed by atoms with Crippen LogP contribution in [0.4, 0.5) is 10.1 Å². The van der Waals surface area contributed by atoms with Gasteiger partial charge < -0.3 is 19.1 Å². The van der Waals surface area contributed by atoms with E-state index in [0.717, 1.165) is 12.1 Å². The Morgan fingerprint density at radius 1 is 1.21 bits per heavy atom. The van der Waals surface area contributed by atoms with Gasteiger partial charge in [0, 0.05) is 25.2 Å². The summed E-state index contributed by atoms with van der Waals surface area (Å²) in [5.74, 6) is -1.78. The highest BCUT2D eigenvalue weighted by Gasteiger charge is 2.28. The molecule has 0 atom stereocenters. The van der Waals surface area contributed by atoms with Crippen molar-refractivity contribution in [2.45, 2.75) is 6.54 Å².